The Labute approximate surface area is 123 Å². The van der Waals surface area contributed by atoms with Crippen LogP contribution in [0.1, 0.15) is 18.4 Å². The van der Waals surface area contributed by atoms with Crippen LogP contribution in [0.4, 0.5) is 5.69 Å². The number of anilines is 1. The minimum Gasteiger partial charge on any atom is -0.365 e. The predicted molar refractivity (Wildman–Crippen MR) is 82.5 cm³/mol. The van der Waals surface area contributed by atoms with Gasteiger partial charge in [-0.05, 0) is 49.4 Å². The highest BCUT2D eigenvalue weighted by Gasteiger charge is 2.25. The largest absolute Gasteiger partial charge is 0.365 e. The van der Waals surface area contributed by atoms with Gasteiger partial charge in [0.25, 0.3) is 0 Å². The first-order valence-corrected chi connectivity index (χ1v) is 7.48. The lowest BCUT2D eigenvalue weighted by Crippen LogP contribution is -2.37. The second kappa shape index (κ2) is 5.95. The standard InChI is InChI=1S/C15H21BrN2O/c1-11-8-13(6-7-14(11)16)17(2)10-15(19)18(3)9-12-4-5-12/h6-8,12H,4-5,9-10H2,1-3H3. The molecule has 1 fully saturated rings. The minimum atomic E-state index is 0.190. The quantitative estimate of drug-likeness (QED) is 0.831. The topological polar surface area (TPSA) is 23.6 Å². The molecule has 19 heavy (non-hydrogen) atoms. The normalized spacial score (nSPS) is 14.3. The summed E-state index contributed by atoms with van der Waals surface area (Å²) in [5.41, 5.74) is 2.26. The lowest BCUT2D eigenvalue weighted by Gasteiger charge is -2.23. The van der Waals surface area contributed by atoms with E-state index in [1.54, 1.807) is 0 Å². The summed E-state index contributed by atoms with van der Waals surface area (Å²) in [7, 11) is 3.87. The van der Waals surface area contributed by atoms with E-state index in [0.29, 0.717) is 6.54 Å². The summed E-state index contributed by atoms with van der Waals surface area (Å²) in [4.78, 5) is 16.0. The van der Waals surface area contributed by atoms with E-state index < -0.39 is 0 Å². The van der Waals surface area contributed by atoms with Gasteiger partial charge in [-0.1, -0.05) is 15.9 Å². The van der Waals surface area contributed by atoms with Gasteiger partial charge in [-0.15, -0.1) is 0 Å². The summed E-state index contributed by atoms with van der Waals surface area (Å²) in [6, 6.07) is 6.16. The van der Waals surface area contributed by atoms with Crippen molar-refractivity contribution >= 4 is 27.5 Å². The Bertz CT molecular complexity index is 471. The molecule has 0 spiro atoms. The van der Waals surface area contributed by atoms with Crippen molar-refractivity contribution in [3.05, 3.63) is 28.2 Å². The molecular weight excluding hydrogens is 304 g/mol. The lowest BCUT2D eigenvalue weighted by atomic mass is 10.2. The molecule has 104 valence electrons. The zero-order chi connectivity index (χ0) is 14.0. The Morgan fingerprint density at radius 1 is 1.37 bits per heavy atom. The van der Waals surface area contributed by atoms with Crippen molar-refractivity contribution in [3.63, 3.8) is 0 Å². The van der Waals surface area contributed by atoms with E-state index in [9.17, 15) is 4.79 Å². The molecule has 1 aliphatic rings. The highest BCUT2D eigenvalue weighted by atomic mass is 79.9. The minimum absolute atomic E-state index is 0.190. The van der Waals surface area contributed by atoms with E-state index in [2.05, 4.69) is 28.9 Å². The second-order valence-electron chi connectivity index (χ2n) is 5.51. The Balaban J connectivity index is 1.93. The monoisotopic (exact) mass is 324 g/mol. The maximum atomic E-state index is 12.1. The number of likely N-dealkylation sites (N-methyl/N-ethyl adjacent to an activating group) is 2. The maximum Gasteiger partial charge on any atom is 0.241 e. The number of benzene rings is 1. The van der Waals surface area contributed by atoms with Gasteiger partial charge >= 0.3 is 0 Å². The number of hydrogen-bond acceptors (Lipinski definition) is 2. The maximum absolute atomic E-state index is 12.1. The Morgan fingerprint density at radius 2 is 2.05 bits per heavy atom. The highest BCUT2D eigenvalue weighted by Crippen LogP contribution is 2.29. The van der Waals surface area contributed by atoms with Crippen LogP contribution in [0, 0.1) is 12.8 Å². The average molecular weight is 325 g/mol. The molecule has 0 aromatic heterocycles. The molecule has 0 unspecified atom stereocenters. The number of halogens is 1. The molecular formula is C15H21BrN2O. The summed E-state index contributed by atoms with van der Waals surface area (Å²) >= 11 is 3.49. The summed E-state index contributed by atoms with van der Waals surface area (Å²) in [5.74, 6) is 0.934. The van der Waals surface area contributed by atoms with Crippen molar-refractivity contribution in [3.8, 4) is 0 Å². The summed E-state index contributed by atoms with van der Waals surface area (Å²) in [6.07, 6.45) is 2.55. The van der Waals surface area contributed by atoms with E-state index in [4.69, 9.17) is 0 Å². The molecule has 0 saturated heterocycles. The van der Waals surface area contributed by atoms with Gasteiger partial charge < -0.3 is 9.80 Å². The first-order valence-electron chi connectivity index (χ1n) is 6.68. The van der Waals surface area contributed by atoms with Crippen LogP contribution in [-0.4, -0.2) is 38.0 Å². The first-order chi connectivity index (χ1) is 8.97. The van der Waals surface area contributed by atoms with Crippen molar-refractivity contribution in [2.75, 3.05) is 32.1 Å². The molecule has 1 amide bonds. The average Bonchev–Trinajstić information content (AvgIpc) is 3.16. The molecule has 1 saturated carbocycles. The number of aryl methyl sites for hydroxylation is 1. The lowest BCUT2D eigenvalue weighted by molar-refractivity contribution is -0.128. The zero-order valence-electron chi connectivity index (χ0n) is 11.8. The van der Waals surface area contributed by atoms with Gasteiger partial charge in [0.1, 0.15) is 0 Å². The molecule has 2 rings (SSSR count). The fraction of sp³-hybridized carbons (Fsp3) is 0.533. The van der Waals surface area contributed by atoms with Gasteiger partial charge in [-0.25, -0.2) is 0 Å². The third-order valence-corrected chi connectivity index (χ3v) is 4.50. The number of carbonyl (C=O) groups excluding carboxylic acids is 1. The molecule has 4 heteroatoms. The number of amides is 1. The fourth-order valence-corrected chi connectivity index (χ4v) is 2.32. The molecule has 0 heterocycles. The molecule has 1 aromatic rings. The van der Waals surface area contributed by atoms with Crippen molar-refractivity contribution < 1.29 is 4.79 Å². The Hall–Kier alpha value is -1.03. The van der Waals surface area contributed by atoms with Crippen LogP contribution in [0.5, 0.6) is 0 Å². The van der Waals surface area contributed by atoms with Gasteiger partial charge in [0, 0.05) is 30.8 Å². The third kappa shape index (κ3) is 3.96. The van der Waals surface area contributed by atoms with Crippen LogP contribution < -0.4 is 4.90 Å². The summed E-state index contributed by atoms with van der Waals surface area (Å²) in [5, 5.41) is 0. The van der Waals surface area contributed by atoms with Crippen LogP contribution in [0.15, 0.2) is 22.7 Å². The van der Waals surface area contributed by atoms with E-state index in [0.717, 1.165) is 22.6 Å². The molecule has 0 radical (unpaired) electrons. The van der Waals surface area contributed by atoms with Crippen LogP contribution in [0.2, 0.25) is 0 Å². The van der Waals surface area contributed by atoms with Crippen LogP contribution >= 0.6 is 15.9 Å². The molecule has 3 nitrogen and oxygen atoms in total. The molecule has 1 aromatic carbocycles. The molecule has 0 aliphatic heterocycles. The highest BCUT2D eigenvalue weighted by molar-refractivity contribution is 9.10. The van der Waals surface area contributed by atoms with Crippen LogP contribution in [0.3, 0.4) is 0 Å². The smallest absolute Gasteiger partial charge is 0.241 e. The predicted octanol–water partition coefficient (Wildman–Crippen LogP) is 3.06. The molecule has 0 N–H and O–H groups in total. The SMILES string of the molecule is Cc1cc(N(C)CC(=O)N(C)CC2CC2)ccc1Br. The molecule has 0 bridgehead atoms. The number of nitrogens with zero attached hydrogens (tertiary/aromatic N) is 2. The van der Waals surface area contributed by atoms with Gasteiger partial charge in [0.2, 0.25) is 5.91 Å². The van der Waals surface area contributed by atoms with Crippen LogP contribution in [-0.2, 0) is 4.79 Å². The fourth-order valence-electron chi connectivity index (χ4n) is 2.07. The zero-order valence-corrected chi connectivity index (χ0v) is 13.4. The Morgan fingerprint density at radius 3 is 2.63 bits per heavy atom. The first kappa shape index (κ1) is 14.4. The molecule has 0 atom stereocenters. The van der Waals surface area contributed by atoms with Crippen molar-refractivity contribution in [2.45, 2.75) is 19.8 Å². The summed E-state index contributed by atoms with van der Waals surface area (Å²) < 4.78 is 1.10. The van der Waals surface area contributed by atoms with Gasteiger partial charge in [-0.3, -0.25) is 4.79 Å². The van der Waals surface area contributed by atoms with E-state index >= 15 is 0 Å². The van der Waals surface area contributed by atoms with E-state index in [-0.39, 0.29) is 5.91 Å². The molecule has 1 aliphatic carbocycles. The van der Waals surface area contributed by atoms with Crippen molar-refractivity contribution in [1.29, 1.82) is 0 Å². The van der Waals surface area contributed by atoms with Crippen molar-refractivity contribution in [1.82, 2.24) is 4.90 Å². The van der Waals surface area contributed by atoms with Gasteiger partial charge in [0.05, 0.1) is 6.54 Å². The number of rotatable bonds is 5. The van der Waals surface area contributed by atoms with Crippen LogP contribution in [0.25, 0.3) is 0 Å². The van der Waals surface area contributed by atoms with E-state index in [1.165, 1.54) is 18.4 Å². The third-order valence-electron chi connectivity index (χ3n) is 3.61. The Kier molecular flexibility index (Phi) is 4.50. The number of carbonyl (C=O) groups is 1. The van der Waals surface area contributed by atoms with Gasteiger partial charge in [0.15, 0.2) is 0 Å². The van der Waals surface area contributed by atoms with E-state index in [1.807, 2.05) is 36.0 Å². The van der Waals surface area contributed by atoms with Gasteiger partial charge in [-0.2, -0.15) is 0 Å². The number of hydrogen-bond donors (Lipinski definition) is 0. The second-order valence-corrected chi connectivity index (χ2v) is 6.36. The van der Waals surface area contributed by atoms with Crippen molar-refractivity contribution in [2.24, 2.45) is 5.92 Å². The summed E-state index contributed by atoms with van der Waals surface area (Å²) in [6.45, 7) is 3.40.